The lowest BCUT2D eigenvalue weighted by atomic mass is 10.0. The van der Waals surface area contributed by atoms with Crippen LogP contribution in [0, 0.1) is 6.92 Å². The number of benzene rings is 1. The Morgan fingerprint density at radius 3 is 2.57 bits per heavy atom. The van der Waals surface area contributed by atoms with Crippen molar-refractivity contribution in [3.05, 3.63) is 58.4 Å². The number of ether oxygens (including phenoxy) is 1. The highest BCUT2D eigenvalue weighted by Crippen LogP contribution is 2.25. The van der Waals surface area contributed by atoms with Crippen LogP contribution in [-0.2, 0) is 17.8 Å². The molecule has 0 unspecified atom stereocenters. The molecule has 4 rings (SSSR count). The smallest absolute Gasteiger partial charge is 0.259 e. The largest absolute Gasteiger partial charge is 0.379 e. The number of nitrogens with one attached hydrogen (secondary N) is 1. The van der Waals surface area contributed by atoms with Gasteiger partial charge in [0, 0.05) is 31.9 Å². The van der Waals surface area contributed by atoms with E-state index in [1.54, 1.807) is 0 Å². The number of pyridine rings is 1. The van der Waals surface area contributed by atoms with Crippen molar-refractivity contribution in [3.8, 4) is 0 Å². The molecule has 0 saturated carbocycles. The van der Waals surface area contributed by atoms with E-state index in [0.717, 1.165) is 44.1 Å². The molecule has 0 spiro atoms. The molecule has 1 saturated heterocycles. The third-order valence-corrected chi connectivity index (χ3v) is 5.46. The minimum Gasteiger partial charge on any atom is -0.379 e. The van der Waals surface area contributed by atoms with Crippen LogP contribution < -0.4 is 5.32 Å². The highest BCUT2D eigenvalue weighted by Gasteiger charge is 2.19. The summed E-state index contributed by atoms with van der Waals surface area (Å²) in [4.78, 5) is 19.8. The number of nitrogens with zero attached hydrogens (tertiary/aromatic N) is 3. The van der Waals surface area contributed by atoms with Gasteiger partial charge in [0.1, 0.15) is 0 Å². The molecule has 2 aromatic heterocycles. The van der Waals surface area contributed by atoms with Crippen LogP contribution >= 0.6 is 0 Å². The molecule has 30 heavy (non-hydrogen) atoms. The fourth-order valence-electron chi connectivity index (χ4n) is 3.65. The van der Waals surface area contributed by atoms with E-state index in [9.17, 15) is 4.79 Å². The van der Waals surface area contributed by atoms with Crippen LogP contribution in [0.5, 0.6) is 0 Å². The molecule has 1 fully saturated rings. The van der Waals surface area contributed by atoms with E-state index in [4.69, 9.17) is 9.26 Å². The topological polar surface area (TPSA) is 80.5 Å². The number of aryl methyl sites for hydroxylation is 1. The van der Waals surface area contributed by atoms with E-state index in [1.807, 2.05) is 26.8 Å². The van der Waals surface area contributed by atoms with Gasteiger partial charge in [-0.05, 0) is 30.0 Å². The molecule has 7 heteroatoms. The number of aromatic nitrogens is 2. The van der Waals surface area contributed by atoms with Crippen LogP contribution in [0.4, 0.5) is 0 Å². The molecule has 1 aromatic carbocycles. The van der Waals surface area contributed by atoms with Crippen molar-refractivity contribution >= 4 is 17.0 Å². The van der Waals surface area contributed by atoms with E-state index < -0.39 is 0 Å². The van der Waals surface area contributed by atoms with Gasteiger partial charge in [0.2, 0.25) is 0 Å². The van der Waals surface area contributed by atoms with Crippen molar-refractivity contribution in [2.24, 2.45) is 0 Å². The Labute approximate surface area is 176 Å². The molecule has 1 amide bonds. The predicted molar refractivity (Wildman–Crippen MR) is 114 cm³/mol. The van der Waals surface area contributed by atoms with Gasteiger partial charge < -0.3 is 14.6 Å². The van der Waals surface area contributed by atoms with Gasteiger partial charge in [-0.1, -0.05) is 43.3 Å². The first-order valence-electron chi connectivity index (χ1n) is 10.4. The van der Waals surface area contributed by atoms with E-state index in [0.29, 0.717) is 28.9 Å². The first-order valence-corrected chi connectivity index (χ1v) is 10.4. The number of fused-ring (bicyclic) bond motifs is 1. The summed E-state index contributed by atoms with van der Waals surface area (Å²) in [7, 11) is 0. The SMILES string of the molecule is Cc1noc2nc(C(C)C)cc(C(=O)NCc3ccc(CN4CCOCC4)cc3)c12. The second-order valence-corrected chi connectivity index (χ2v) is 8.09. The van der Waals surface area contributed by atoms with E-state index >= 15 is 0 Å². The third kappa shape index (κ3) is 4.52. The van der Waals surface area contributed by atoms with Gasteiger partial charge in [-0.15, -0.1) is 0 Å². The molecular weight excluding hydrogens is 380 g/mol. The van der Waals surface area contributed by atoms with Crippen molar-refractivity contribution in [1.29, 1.82) is 0 Å². The van der Waals surface area contributed by atoms with Crippen LogP contribution in [0.3, 0.4) is 0 Å². The first-order chi connectivity index (χ1) is 14.5. The highest BCUT2D eigenvalue weighted by atomic mass is 16.5. The summed E-state index contributed by atoms with van der Waals surface area (Å²) < 4.78 is 10.7. The zero-order chi connectivity index (χ0) is 21.1. The lowest BCUT2D eigenvalue weighted by Crippen LogP contribution is -2.35. The van der Waals surface area contributed by atoms with Gasteiger partial charge in [0.05, 0.1) is 29.9 Å². The summed E-state index contributed by atoms with van der Waals surface area (Å²) in [6.45, 7) is 10.8. The van der Waals surface area contributed by atoms with Gasteiger partial charge in [0.15, 0.2) is 0 Å². The number of carbonyl (C=O) groups is 1. The average Bonchev–Trinajstić information content (AvgIpc) is 3.14. The maximum absolute atomic E-state index is 13.0. The first kappa shape index (κ1) is 20.5. The predicted octanol–water partition coefficient (Wildman–Crippen LogP) is 3.42. The van der Waals surface area contributed by atoms with Crippen LogP contribution in [-0.4, -0.2) is 47.3 Å². The van der Waals surface area contributed by atoms with Gasteiger partial charge in [-0.25, -0.2) is 4.98 Å². The minimum atomic E-state index is -0.145. The molecule has 7 nitrogen and oxygen atoms in total. The molecular formula is C23H28N4O3. The van der Waals surface area contributed by atoms with Gasteiger partial charge >= 0.3 is 0 Å². The summed E-state index contributed by atoms with van der Waals surface area (Å²) in [5.74, 6) is 0.0401. The Morgan fingerprint density at radius 2 is 1.87 bits per heavy atom. The summed E-state index contributed by atoms with van der Waals surface area (Å²) in [5.41, 5.74) is 4.79. The fraction of sp³-hybridized carbons (Fsp3) is 0.435. The Hall–Kier alpha value is -2.77. The Kier molecular flexibility index (Phi) is 6.11. The summed E-state index contributed by atoms with van der Waals surface area (Å²) >= 11 is 0. The van der Waals surface area contributed by atoms with Crippen molar-refractivity contribution in [3.63, 3.8) is 0 Å². The number of hydrogen-bond donors (Lipinski definition) is 1. The maximum Gasteiger partial charge on any atom is 0.259 e. The number of hydrogen-bond acceptors (Lipinski definition) is 6. The molecule has 1 N–H and O–H groups in total. The van der Waals surface area contributed by atoms with Gasteiger partial charge in [-0.2, -0.15) is 0 Å². The van der Waals surface area contributed by atoms with E-state index in [-0.39, 0.29) is 11.8 Å². The lowest BCUT2D eigenvalue weighted by molar-refractivity contribution is 0.0342. The number of morpholine rings is 1. The molecule has 158 valence electrons. The number of rotatable bonds is 6. The molecule has 3 aromatic rings. The Morgan fingerprint density at radius 1 is 1.17 bits per heavy atom. The zero-order valence-electron chi connectivity index (χ0n) is 17.8. The molecule has 1 aliphatic heterocycles. The molecule has 0 bridgehead atoms. The number of amides is 1. The third-order valence-electron chi connectivity index (χ3n) is 5.46. The molecule has 0 radical (unpaired) electrons. The average molecular weight is 409 g/mol. The summed E-state index contributed by atoms with van der Waals surface area (Å²) in [6, 6.07) is 10.2. The second-order valence-electron chi connectivity index (χ2n) is 8.09. The highest BCUT2D eigenvalue weighted by molar-refractivity contribution is 6.06. The van der Waals surface area contributed by atoms with Crippen molar-refractivity contribution < 1.29 is 14.1 Å². The normalized spacial score (nSPS) is 15.1. The maximum atomic E-state index is 13.0. The summed E-state index contributed by atoms with van der Waals surface area (Å²) in [6.07, 6.45) is 0. The van der Waals surface area contributed by atoms with Crippen LogP contribution in [0.15, 0.2) is 34.9 Å². The monoisotopic (exact) mass is 408 g/mol. The quantitative estimate of drug-likeness (QED) is 0.673. The van der Waals surface area contributed by atoms with Crippen LogP contribution in [0.1, 0.15) is 52.6 Å². The molecule has 0 aliphatic carbocycles. The summed E-state index contributed by atoms with van der Waals surface area (Å²) in [5, 5.41) is 7.69. The zero-order valence-corrected chi connectivity index (χ0v) is 17.8. The number of carbonyl (C=O) groups excluding carboxylic acids is 1. The fourth-order valence-corrected chi connectivity index (χ4v) is 3.65. The van der Waals surface area contributed by atoms with Crippen LogP contribution in [0.2, 0.25) is 0 Å². The second kappa shape index (κ2) is 8.93. The molecule has 0 atom stereocenters. The minimum absolute atomic E-state index is 0.145. The van der Waals surface area contributed by atoms with Crippen molar-refractivity contribution in [1.82, 2.24) is 20.4 Å². The molecule has 3 heterocycles. The van der Waals surface area contributed by atoms with Gasteiger partial charge in [0.25, 0.3) is 11.6 Å². The van der Waals surface area contributed by atoms with Crippen molar-refractivity contribution in [2.45, 2.75) is 39.8 Å². The molecule has 1 aliphatic rings. The van der Waals surface area contributed by atoms with Crippen molar-refractivity contribution in [2.75, 3.05) is 26.3 Å². The van der Waals surface area contributed by atoms with Crippen LogP contribution in [0.25, 0.3) is 11.1 Å². The van der Waals surface area contributed by atoms with Gasteiger partial charge in [-0.3, -0.25) is 9.69 Å². The Bertz CT molecular complexity index is 1020. The van der Waals surface area contributed by atoms with E-state index in [2.05, 4.69) is 44.6 Å². The van der Waals surface area contributed by atoms with E-state index in [1.165, 1.54) is 5.56 Å². The lowest BCUT2D eigenvalue weighted by Gasteiger charge is -2.26. The Balaban J connectivity index is 1.44. The standard InChI is InChI=1S/C23H28N4O3/c1-15(2)20-12-19(21-16(3)26-30-23(21)25-20)22(28)24-13-17-4-6-18(7-5-17)14-27-8-10-29-11-9-27/h4-7,12,15H,8-11,13-14H2,1-3H3,(H,24,28).